The fraction of sp³-hybridized carbons (Fsp3) is 0.613. The molecule has 0 bridgehead atoms. The van der Waals surface area contributed by atoms with Gasteiger partial charge in [-0.25, -0.2) is 0 Å². The molecule has 12 heteroatoms. The van der Waals surface area contributed by atoms with Gasteiger partial charge in [-0.3, -0.25) is 0 Å². The third-order valence-corrected chi connectivity index (χ3v) is 14.8. The smallest absolute Gasteiger partial charge is 0.181 e. The molecule has 2 aromatic rings. The third kappa shape index (κ3) is 14.5. The third-order valence-electron chi connectivity index (χ3n) is 6.79. The maximum Gasteiger partial charge on any atom is 0.181 e. The zero-order valence-corrected chi connectivity index (χ0v) is 38.6. The lowest BCUT2D eigenvalue weighted by Crippen LogP contribution is -2.43. The molecule has 43 heavy (non-hydrogen) atoms. The molecule has 0 amide bonds. The van der Waals surface area contributed by atoms with Crippen LogP contribution < -0.4 is 0 Å². The summed E-state index contributed by atoms with van der Waals surface area (Å²) < 4.78 is 41.7. The van der Waals surface area contributed by atoms with Gasteiger partial charge < -0.3 is 28.4 Å². The van der Waals surface area contributed by atoms with Gasteiger partial charge in [0.05, 0.1) is 38.6 Å². The molecule has 0 aliphatic carbocycles. The van der Waals surface area contributed by atoms with Crippen molar-refractivity contribution >= 4 is 136 Å². The van der Waals surface area contributed by atoms with Gasteiger partial charge in [0, 0.05) is 42.1 Å². The lowest BCUT2D eigenvalue weighted by molar-refractivity contribution is -0.269. The first kappa shape index (κ1) is 41.7. The Balaban J connectivity index is 0.000000329. The number of halogens is 6. The Morgan fingerprint density at radius 1 is 0.814 bits per heavy atom. The Kier molecular flexibility index (Phi) is 21.0. The maximum absolute atomic E-state index is 6.17. The van der Waals surface area contributed by atoms with Crippen LogP contribution in [0.25, 0.3) is 0 Å². The van der Waals surface area contributed by atoms with Gasteiger partial charge >= 0.3 is 0 Å². The molecule has 0 saturated carbocycles. The Morgan fingerprint density at radius 3 is 2.07 bits per heavy atom. The molecule has 2 aromatic carbocycles. The molecule has 1 heterocycles. The van der Waals surface area contributed by atoms with Gasteiger partial charge in [-0.2, -0.15) is 0 Å². The summed E-state index contributed by atoms with van der Waals surface area (Å²) in [4.78, 5) is 0. The van der Waals surface area contributed by atoms with E-state index in [0.29, 0.717) is 38.3 Å². The van der Waals surface area contributed by atoms with Gasteiger partial charge in [0.15, 0.2) is 12.6 Å². The van der Waals surface area contributed by atoms with E-state index in [1.165, 1.54) is 38.1 Å². The molecule has 1 fully saturated rings. The molecule has 0 spiro atoms. The molecule has 3 unspecified atom stereocenters. The first-order valence-corrected chi connectivity index (χ1v) is 20.5. The second-order valence-corrected chi connectivity index (χ2v) is 17.9. The van der Waals surface area contributed by atoms with Crippen molar-refractivity contribution in [2.75, 3.05) is 27.4 Å². The minimum Gasteiger partial charge on any atom is -0.371 e. The minimum absolute atomic E-state index is 0.251. The summed E-state index contributed by atoms with van der Waals surface area (Å²) >= 11 is 14.2. The van der Waals surface area contributed by atoms with Gasteiger partial charge in [0.25, 0.3) is 0 Å². The van der Waals surface area contributed by atoms with Crippen molar-refractivity contribution in [1.82, 2.24) is 0 Å². The molecular weight excluding hydrogens is 1230 g/mol. The highest BCUT2D eigenvalue weighted by molar-refractivity contribution is 14.1. The maximum atomic E-state index is 6.17. The Bertz CT molecular complexity index is 1120. The number of ether oxygens (including phenoxy) is 6. The number of hydrogen-bond acceptors (Lipinski definition) is 6. The summed E-state index contributed by atoms with van der Waals surface area (Å²) in [6, 6.07) is 6.51. The molecule has 3 rings (SSSR count). The number of methoxy groups -OCH3 is 2. The predicted molar refractivity (Wildman–Crippen MR) is 223 cm³/mol. The Morgan fingerprint density at radius 2 is 1.47 bits per heavy atom. The SMILES string of the molecule is COC(COCc1cc(I)cc(I)c1I)OC.Cc1c(I)cc(I)c(I)c1COCC1OC(CC(C)C)CC(C(C)C)O1. The summed E-state index contributed by atoms with van der Waals surface area (Å²) in [5, 5.41) is 0. The highest BCUT2D eigenvalue weighted by Gasteiger charge is 2.32. The summed E-state index contributed by atoms with van der Waals surface area (Å²) in [5.41, 5.74) is 3.78. The van der Waals surface area contributed by atoms with Crippen molar-refractivity contribution < 1.29 is 28.4 Å². The van der Waals surface area contributed by atoms with Crippen molar-refractivity contribution in [3.63, 3.8) is 0 Å². The van der Waals surface area contributed by atoms with Crippen molar-refractivity contribution in [2.45, 2.75) is 85.5 Å². The van der Waals surface area contributed by atoms with E-state index in [-0.39, 0.29) is 24.8 Å². The normalized spacial score (nSPS) is 18.8. The van der Waals surface area contributed by atoms with Gasteiger partial charge in [0.2, 0.25) is 0 Å². The topological polar surface area (TPSA) is 55.4 Å². The van der Waals surface area contributed by atoms with Crippen LogP contribution in [0.1, 0.15) is 57.2 Å². The van der Waals surface area contributed by atoms with E-state index in [4.69, 9.17) is 28.4 Å². The Hall–Kier alpha value is 2.58. The van der Waals surface area contributed by atoms with E-state index in [9.17, 15) is 0 Å². The van der Waals surface area contributed by atoms with Crippen molar-refractivity contribution in [3.05, 3.63) is 56.3 Å². The van der Waals surface area contributed by atoms with E-state index >= 15 is 0 Å². The standard InChI is InChI=1S/C20H29I3O3.C11H13I3O3/c1-11(2)6-14-7-18(12(3)4)26-19(25-14)10-24-9-15-13(5)16(21)8-17(22)20(15)23;1-15-10(16-2)6-17-5-7-3-8(12)4-9(13)11(7)14/h8,11-12,14,18-19H,6-7,9-10H2,1-5H3;3-4,10H,5-6H2,1-2H3. The first-order chi connectivity index (χ1) is 20.3. The first-order valence-electron chi connectivity index (χ1n) is 14.1. The molecule has 3 atom stereocenters. The monoisotopic (exact) mass is 1270 g/mol. The van der Waals surface area contributed by atoms with Crippen LogP contribution in [-0.4, -0.2) is 52.2 Å². The quantitative estimate of drug-likeness (QED) is 0.113. The molecule has 0 N–H and O–H groups in total. The van der Waals surface area contributed by atoms with Crippen molar-refractivity contribution in [1.29, 1.82) is 0 Å². The molecule has 1 aliphatic rings. The second kappa shape index (κ2) is 21.6. The van der Waals surface area contributed by atoms with Crippen LogP contribution in [0.5, 0.6) is 0 Å². The summed E-state index contributed by atoms with van der Waals surface area (Å²) in [6.45, 7) is 13.2. The largest absolute Gasteiger partial charge is 0.371 e. The lowest BCUT2D eigenvalue weighted by Gasteiger charge is -2.38. The molecule has 6 nitrogen and oxygen atoms in total. The van der Waals surface area contributed by atoms with E-state index in [2.05, 4.69) is 188 Å². The number of benzene rings is 2. The fourth-order valence-corrected chi connectivity index (χ4v) is 9.39. The highest BCUT2D eigenvalue weighted by Crippen LogP contribution is 2.30. The van der Waals surface area contributed by atoms with E-state index in [1.54, 1.807) is 14.2 Å². The minimum atomic E-state index is -0.297. The summed E-state index contributed by atoms with van der Waals surface area (Å²) in [5.74, 6) is 1.13. The van der Waals surface area contributed by atoms with E-state index in [1.807, 2.05) is 0 Å². The molecule has 1 saturated heterocycles. The van der Waals surface area contributed by atoms with Gasteiger partial charge in [-0.1, -0.05) is 27.7 Å². The van der Waals surface area contributed by atoms with Gasteiger partial charge in [-0.15, -0.1) is 0 Å². The van der Waals surface area contributed by atoms with Gasteiger partial charge in [0.1, 0.15) is 0 Å². The average Bonchev–Trinajstić information content (AvgIpc) is 2.94. The summed E-state index contributed by atoms with van der Waals surface area (Å²) in [6.07, 6.45) is 2.02. The lowest BCUT2D eigenvalue weighted by atomic mass is 9.95. The number of rotatable bonds is 13. The fourth-order valence-electron chi connectivity index (χ4n) is 4.37. The predicted octanol–water partition coefficient (Wildman–Crippen LogP) is 10.2. The summed E-state index contributed by atoms with van der Waals surface area (Å²) in [7, 11) is 3.21. The van der Waals surface area contributed by atoms with Crippen molar-refractivity contribution in [3.8, 4) is 0 Å². The zero-order valence-electron chi connectivity index (χ0n) is 25.7. The van der Waals surface area contributed by atoms with Crippen LogP contribution in [0.3, 0.4) is 0 Å². The highest BCUT2D eigenvalue weighted by atomic mass is 127. The molecule has 0 aromatic heterocycles. The molecular formula is C31H42I6O6. The van der Waals surface area contributed by atoms with Gasteiger partial charge in [-0.05, 0) is 196 Å². The second-order valence-electron chi connectivity index (χ2n) is 11.0. The van der Waals surface area contributed by atoms with E-state index < -0.39 is 0 Å². The van der Waals surface area contributed by atoms with Crippen LogP contribution in [0.2, 0.25) is 0 Å². The van der Waals surface area contributed by atoms with Crippen LogP contribution >= 0.6 is 136 Å². The zero-order chi connectivity index (χ0) is 32.3. The molecule has 244 valence electrons. The van der Waals surface area contributed by atoms with Crippen LogP contribution in [-0.2, 0) is 41.6 Å². The average molecular weight is 1270 g/mol. The van der Waals surface area contributed by atoms with Crippen molar-refractivity contribution in [2.24, 2.45) is 11.8 Å². The number of hydrogen-bond donors (Lipinski definition) is 0. The van der Waals surface area contributed by atoms with Crippen LogP contribution in [0.15, 0.2) is 18.2 Å². The molecule has 1 aliphatic heterocycles. The van der Waals surface area contributed by atoms with Crippen LogP contribution in [0, 0.1) is 40.2 Å². The molecule has 0 radical (unpaired) electrons. The Labute approximate surface area is 340 Å². The van der Waals surface area contributed by atoms with Crippen LogP contribution in [0.4, 0.5) is 0 Å². The van der Waals surface area contributed by atoms with E-state index in [0.717, 1.165) is 12.8 Å².